The van der Waals surface area contributed by atoms with Gasteiger partial charge in [0.15, 0.2) is 0 Å². The summed E-state index contributed by atoms with van der Waals surface area (Å²) in [6, 6.07) is 8.51. The van der Waals surface area contributed by atoms with Gasteiger partial charge in [-0.2, -0.15) is 0 Å². The number of hydrogen-bond acceptors (Lipinski definition) is 4. The van der Waals surface area contributed by atoms with Crippen LogP contribution in [0.2, 0.25) is 0 Å². The fourth-order valence-corrected chi connectivity index (χ4v) is 3.08. The SMILES string of the molecule is COCCCNC(=O)C(C)N1CCN(Cc2ccccc2C)CC1. The monoisotopic (exact) mass is 333 g/mol. The van der Waals surface area contributed by atoms with Gasteiger partial charge in [-0.05, 0) is 31.4 Å². The molecule has 1 aliphatic rings. The summed E-state index contributed by atoms with van der Waals surface area (Å²) in [5.41, 5.74) is 2.75. The average molecular weight is 333 g/mol. The van der Waals surface area contributed by atoms with Gasteiger partial charge in [-0.3, -0.25) is 14.6 Å². The molecule has 5 heteroatoms. The number of rotatable bonds is 8. The highest BCUT2D eigenvalue weighted by Gasteiger charge is 2.25. The Morgan fingerprint density at radius 3 is 2.62 bits per heavy atom. The molecule has 0 radical (unpaired) electrons. The molecule has 5 nitrogen and oxygen atoms in total. The minimum Gasteiger partial charge on any atom is -0.385 e. The second-order valence-electron chi connectivity index (χ2n) is 6.55. The zero-order valence-electron chi connectivity index (χ0n) is 15.3. The Hall–Kier alpha value is -1.43. The third-order valence-corrected chi connectivity index (χ3v) is 4.81. The summed E-state index contributed by atoms with van der Waals surface area (Å²) in [6.45, 7) is 10.4. The summed E-state index contributed by atoms with van der Waals surface area (Å²) in [4.78, 5) is 17.0. The van der Waals surface area contributed by atoms with Crippen molar-refractivity contribution in [1.82, 2.24) is 15.1 Å². The van der Waals surface area contributed by atoms with Crippen molar-refractivity contribution >= 4 is 5.91 Å². The molecule has 1 unspecified atom stereocenters. The number of nitrogens with zero attached hydrogens (tertiary/aromatic N) is 2. The summed E-state index contributed by atoms with van der Waals surface area (Å²) < 4.78 is 5.00. The molecule has 1 saturated heterocycles. The first-order chi connectivity index (χ1) is 11.6. The van der Waals surface area contributed by atoms with Crippen molar-refractivity contribution in [2.24, 2.45) is 0 Å². The maximum Gasteiger partial charge on any atom is 0.237 e. The Bertz CT molecular complexity index is 513. The van der Waals surface area contributed by atoms with Crippen LogP contribution in [0, 0.1) is 6.92 Å². The summed E-state index contributed by atoms with van der Waals surface area (Å²) in [5.74, 6) is 0.124. The molecular weight excluding hydrogens is 302 g/mol. The lowest BCUT2D eigenvalue weighted by Gasteiger charge is -2.37. The second-order valence-corrected chi connectivity index (χ2v) is 6.55. The molecule has 1 aromatic rings. The Balaban J connectivity index is 1.73. The molecule has 0 aromatic heterocycles. The van der Waals surface area contributed by atoms with Crippen molar-refractivity contribution in [3.63, 3.8) is 0 Å². The van der Waals surface area contributed by atoms with Gasteiger partial charge in [0.05, 0.1) is 6.04 Å². The van der Waals surface area contributed by atoms with Gasteiger partial charge in [-0.1, -0.05) is 24.3 Å². The van der Waals surface area contributed by atoms with E-state index in [-0.39, 0.29) is 11.9 Å². The molecule has 24 heavy (non-hydrogen) atoms. The van der Waals surface area contributed by atoms with Crippen LogP contribution in [-0.4, -0.2) is 68.2 Å². The number of carbonyl (C=O) groups excluding carboxylic acids is 1. The van der Waals surface area contributed by atoms with Crippen LogP contribution in [0.15, 0.2) is 24.3 Å². The minimum absolute atomic E-state index is 0.0619. The highest BCUT2D eigenvalue weighted by atomic mass is 16.5. The largest absolute Gasteiger partial charge is 0.385 e. The molecule has 1 heterocycles. The van der Waals surface area contributed by atoms with Crippen LogP contribution in [0.1, 0.15) is 24.5 Å². The van der Waals surface area contributed by atoms with E-state index < -0.39 is 0 Å². The Kier molecular flexibility index (Phi) is 7.69. The van der Waals surface area contributed by atoms with Crippen molar-refractivity contribution in [3.05, 3.63) is 35.4 Å². The van der Waals surface area contributed by atoms with Gasteiger partial charge in [-0.25, -0.2) is 0 Å². The molecule has 1 amide bonds. The lowest BCUT2D eigenvalue weighted by atomic mass is 10.1. The number of ether oxygens (including phenoxy) is 1. The topological polar surface area (TPSA) is 44.8 Å². The van der Waals surface area contributed by atoms with Crippen molar-refractivity contribution in [2.45, 2.75) is 32.9 Å². The van der Waals surface area contributed by atoms with Crippen LogP contribution in [0.5, 0.6) is 0 Å². The van der Waals surface area contributed by atoms with E-state index in [1.807, 2.05) is 6.92 Å². The third kappa shape index (κ3) is 5.58. The van der Waals surface area contributed by atoms with E-state index in [2.05, 4.69) is 46.3 Å². The van der Waals surface area contributed by atoms with E-state index in [4.69, 9.17) is 4.74 Å². The minimum atomic E-state index is -0.0619. The molecule has 0 spiro atoms. The highest BCUT2D eigenvalue weighted by molar-refractivity contribution is 5.81. The molecule has 0 saturated carbocycles. The summed E-state index contributed by atoms with van der Waals surface area (Å²) in [5, 5.41) is 3.00. The predicted molar refractivity (Wildman–Crippen MR) is 97.0 cm³/mol. The third-order valence-electron chi connectivity index (χ3n) is 4.81. The first-order valence-corrected chi connectivity index (χ1v) is 8.89. The zero-order chi connectivity index (χ0) is 17.4. The van der Waals surface area contributed by atoms with E-state index in [1.54, 1.807) is 7.11 Å². The number of aryl methyl sites for hydroxylation is 1. The van der Waals surface area contributed by atoms with Gasteiger partial charge in [-0.15, -0.1) is 0 Å². The van der Waals surface area contributed by atoms with Gasteiger partial charge in [0.2, 0.25) is 5.91 Å². The number of methoxy groups -OCH3 is 1. The van der Waals surface area contributed by atoms with Crippen LogP contribution >= 0.6 is 0 Å². The van der Waals surface area contributed by atoms with Gasteiger partial charge in [0.1, 0.15) is 0 Å². The van der Waals surface area contributed by atoms with Gasteiger partial charge >= 0.3 is 0 Å². The molecule has 134 valence electrons. The number of piperazine rings is 1. The van der Waals surface area contributed by atoms with Crippen LogP contribution < -0.4 is 5.32 Å². The number of benzene rings is 1. The maximum absolute atomic E-state index is 12.2. The van der Waals surface area contributed by atoms with Crippen LogP contribution in [-0.2, 0) is 16.1 Å². The number of amides is 1. The van der Waals surface area contributed by atoms with Crippen molar-refractivity contribution in [3.8, 4) is 0 Å². The van der Waals surface area contributed by atoms with Crippen LogP contribution in [0.3, 0.4) is 0 Å². The molecule has 0 bridgehead atoms. The molecule has 1 fully saturated rings. The Morgan fingerprint density at radius 2 is 1.96 bits per heavy atom. The lowest BCUT2D eigenvalue weighted by molar-refractivity contribution is -0.126. The summed E-state index contributed by atoms with van der Waals surface area (Å²) >= 11 is 0. The van der Waals surface area contributed by atoms with Crippen molar-refractivity contribution < 1.29 is 9.53 Å². The van der Waals surface area contributed by atoms with E-state index in [0.29, 0.717) is 13.2 Å². The summed E-state index contributed by atoms with van der Waals surface area (Å²) in [7, 11) is 1.68. The number of hydrogen-bond donors (Lipinski definition) is 1. The molecule has 2 rings (SSSR count). The first-order valence-electron chi connectivity index (χ1n) is 8.89. The molecule has 1 aromatic carbocycles. The second kappa shape index (κ2) is 9.77. The van der Waals surface area contributed by atoms with E-state index in [9.17, 15) is 4.79 Å². The number of carbonyl (C=O) groups is 1. The number of nitrogens with one attached hydrogen (secondary N) is 1. The van der Waals surface area contributed by atoms with Gasteiger partial charge in [0, 0.05) is 53.0 Å². The van der Waals surface area contributed by atoms with E-state index in [1.165, 1.54) is 11.1 Å². The molecular formula is C19H31N3O2. The van der Waals surface area contributed by atoms with Gasteiger partial charge < -0.3 is 10.1 Å². The van der Waals surface area contributed by atoms with Crippen LogP contribution in [0.25, 0.3) is 0 Å². The standard InChI is InChI=1S/C19H31N3O2/c1-16-7-4-5-8-18(16)15-21-10-12-22(13-11-21)17(2)19(23)20-9-6-14-24-3/h4-5,7-8,17H,6,9-15H2,1-3H3,(H,20,23). The van der Waals surface area contributed by atoms with Crippen LogP contribution in [0.4, 0.5) is 0 Å². The predicted octanol–water partition coefficient (Wildman–Crippen LogP) is 1.65. The lowest BCUT2D eigenvalue weighted by Crippen LogP contribution is -2.53. The zero-order valence-corrected chi connectivity index (χ0v) is 15.3. The Labute approximate surface area is 146 Å². The molecule has 1 aliphatic heterocycles. The fourth-order valence-electron chi connectivity index (χ4n) is 3.08. The fraction of sp³-hybridized carbons (Fsp3) is 0.632. The quantitative estimate of drug-likeness (QED) is 0.735. The maximum atomic E-state index is 12.2. The molecule has 1 atom stereocenters. The van der Waals surface area contributed by atoms with E-state index >= 15 is 0 Å². The van der Waals surface area contributed by atoms with Gasteiger partial charge in [0.25, 0.3) is 0 Å². The highest BCUT2D eigenvalue weighted by Crippen LogP contribution is 2.13. The molecule has 0 aliphatic carbocycles. The first kappa shape index (κ1) is 18.9. The smallest absolute Gasteiger partial charge is 0.237 e. The normalized spacial score (nSPS) is 17.6. The molecule has 1 N–H and O–H groups in total. The Morgan fingerprint density at radius 1 is 1.25 bits per heavy atom. The van der Waals surface area contributed by atoms with Crippen molar-refractivity contribution in [2.75, 3.05) is 46.4 Å². The summed E-state index contributed by atoms with van der Waals surface area (Å²) in [6.07, 6.45) is 0.860. The average Bonchev–Trinajstić information content (AvgIpc) is 2.60. The van der Waals surface area contributed by atoms with Crippen molar-refractivity contribution in [1.29, 1.82) is 0 Å². The van der Waals surface area contributed by atoms with E-state index in [0.717, 1.165) is 39.1 Å².